The molecule has 5 heteroatoms. The van der Waals surface area contributed by atoms with E-state index in [4.69, 9.17) is 14.2 Å². The smallest absolute Gasteiger partial charge is 0.128 e. The van der Waals surface area contributed by atoms with Crippen molar-refractivity contribution in [2.24, 2.45) is 0 Å². The minimum absolute atomic E-state index is 0.0306. The Hall–Kier alpha value is -1.17. The third-order valence-electron chi connectivity index (χ3n) is 5.64. The lowest BCUT2D eigenvalue weighted by molar-refractivity contribution is -0.150. The summed E-state index contributed by atoms with van der Waals surface area (Å²) in [7, 11) is 3.94. The molecule has 0 N–H and O–H groups in total. The SMILES string of the molecule is COc1c(C)cnc(CN(C)[C@@H]2CCOC3(CCOCC3)C2)c1C. The van der Waals surface area contributed by atoms with Gasteiger partial charge in [-0.2, -0.15) is 0 Å². The zero-order valence-corrected chi connectivity index (χ0v) is 15.4. The summed E-state index contributed by atoms with van der Waals surface area (Å²) < 4.78 is 17.2. The highest BCUT2D eigenvalue weighted by atomic mass is 16.5. The molecule has 1 atom stereocenters. The molecule has 0 radical (unpaired) electrons. The van der Waals surface area contributed by atoms with Gasteiger partial charge in [0.2, 0.25) is 0 Å². The molecule has 2 fully saturated rings. The van der Waals surface area contributed by atoms with E-state index in [0.717, 1.165) is 74.6 Å². The second-order valence-electron chi connectivity index (χ2n) is 7.25. The topological polar surface area (TPSA) is 43.8 Å². The second-order valence-corrected chi connectivity index (χ2v) is 7.25. The first-order valence-electron chi connectivity index (χ1n) is 8.96. The molecule has 1 spiro atoms. The van der Waals surface area contributed by atoms with Gasteiger partial charge in [-0.1, -0.05) is 0 Å². The number of hydrogen-bond donors (Lipinski definition) is 0. The van der Waals surface area contributed by atoms with Crippen LogP contribution in [-0.2, 0) is 16.0 Å². The van der Waals surface area contributed by atoms with E-state index in [9.17, 15) is 0 Å². The van der Waals surface area contributed by atoms with Crippen molar-refractivity contribution < 1.29 is 14.2 Å². The van der Waals surface area contributed by atoms with E-state index in [2.05, 4.69) is 23.9 Å². The zero-order chi connectivity index (χ0) is 17.2. The number of rotatable bonds is 4. The summed E-state index contributed by atoms with van der Waals surface area (Å²) in [5, 5.41) is 0. The maximum atomic E-state index is 6.17. The number of aryl methyl sites for hydroxylation is 1. The summed E-state index contributed by atoms with van der Waals surface area (Å²) >= 11 is 0. The lowest BCUT2D eigenvalue weighted by atomic mass is 9.83. The first-order chi connectivity index (χ1) is 11.5. The van der Waals surface area contributed by atoms with Crippen molar-refractivity contribution in [1.29, 1.82) is 0 Å². The summed E-state index contributed by atoms with van der Waals surface area (Å²) in [6.45, 7) is 7.49. The number of methoxy groups -OCH3 is 1. The Morgan fingerprint density at radius 1 is 1.29 bits per heavy atom. The normalized spacial score (nSPS) is 23.6. The van der Waals surface area contributed by atoms with Crippen molar-refractivity contribution in [2.75, 3.05) is 34.0 Å². The molecule has 24 heavy (non-hydrogen) atoms. The predicted molar refractivity (Wildman–Crippen MR) is 93.5 cm³/mol. The van der Waals surface area contributed by atoms with Crippen molar-refractivity contribution in [3.63, 3.8) is 0 Å². The van der Waals surface area contributed by atoms with E-state index in [-0.39, 0.29) is 5.60 Å². The molecule has 0 aromatic carbocycles. The number of aromatic nitrogens is 1. The molecule has 0 amide bonds. The molecule has 0 aliphatic carbocycles. The fourth-order valence-corrected chi connectivity index (χ4v) is 4.07. The van der Waals surface area contributed by atoms with E-state index < -0.39 is 0 Å². The first-order valence-corrected chi connectivity index (χ1v) is 8.96. The fourth-order valence-electron chi connectivity index (χ4n) is 4.07. The Labute approximate surface area is 145 Å². The van der Waals surface area contributed by atoms with Crippen LogP contribution in [0, 0.1) is 13.8 Å². The third-order valence-corrected chi connectivity index (χ3v) is 5.64. The minimum atomic E-state index is 0.0306. The monoisotopic (exact) mass is 334 g/mol. The molecule has 2 aliphatic rings. The van der Waals surface area contributed by atoms with Gasteiger partial charge in [-0.25, -0.2) is 0 Å². The first kappa shape index (κ1) is 17.6. The molecule has 0 saturated carbocycles. The highest BCUT2D eigenvalue weighted by molar-refractivity contribution is 5.41. The zero-order valence-electron chi connectivity index (χ0n) is 15.4. The molecule has 0 unspecified atom stereocenters. The molecule has 2 saturated heterocycles. The molecular weight excluding hydrogens is 304 g/mol. The second kappa shape index (κ2) is 7.38. The van der Waals surface area contributed by atoms with Gasteiger partial charge < -0.3 is 14.2 Å². The number of nitrogens with zero attached hydrogens (tertiary/aromatic N) is 2. The number of pyridine rings is 1. The van der Waals surface area contributed by atoms with Crippen LogP contribution in [-0.4, -0.2) is 55.5 Å². The van der Waals surface area contributed by atoms with Gasteiger partial charge in [-0.15, -0.1) is 0 Å². The van der Waals surface area contributed by atoms with Crippen LogP contribution < -0.4 is 4.74 Å². The fraction of sp³-hybridized carbons (Fsp3) is 0.737. The van der Waals surface area contributed by atoms with Crippen LogP contribution in [0.1, 0.15) is 42.5 Å². The standard InChI is InChI=1S/C19H30N2O3/c1-14-12-20-17(15(2)18(14)22-4)13-21(3)16-5-8-24-19(11-16)6-9-23-10-7-19/h12,16H,5-11,13H2,1-4H3/t16-/m1/s1. The van der Waals surface area contributed by atoms with Gasteiger partial charge >= 0.3 is 0 Å². The number of hydrogen-bond acceptors (Lipinski definition) is 5. The lowest BCUT2D eigenvalue weighted by Gasteiger charge is -2.45. The Balaban J connectivity index is 1.69. The van der Waals surface area contributed by atoms with Gasteiger partial charge in [-0.3, -0.25) is 9.88 Å². The quantitative estimate of drug-likeness (QED) is 0.847. The van der Waals surface area contributed by atoms with Gasteiger partial charge in [0, 0.05) is 49.7 Å². The van der Waals surface area contributed by atoms with Crippen LogP contribution in [0.15, 0.2) is 6.20 Å². The van der Waals surface area contributed by atoms with Crippen molar-refractivity contribution in [3.8, 4) is 5.75 Å². The lowest BCUT2D eigenvalue weighted by Crippen LogP contribution is -2.50. The molecule has 3 rings (SSSR count). The van der Waals surface area contributed by atoms with Gasteiger partial charge in [0.1, 0.15) is 5.75 Å². The molecule has 2 aliphatic heterocycles. The van der Waals surface area contributed by atoms with E-state index in [0.29, 0.717) is 6.04 Å². The predicted octanol–water partition coefficient (Wildman–Crippen LogP) is 2.87. The van der Waals surface area contributed by atoms with Gasteiger partial charge in [0.15, 0.2) is 0 Å². The van der Waals surface area contributed by atoms with Gasteiger partial charge in [-0.05, 0) is 46.6 Å². The van der Waals surface area contributed by atoms with Crippen LogP contribution in [0.2, 0.25) is 0 Å². The molecule has 5 nitrogen and oxygen atoms in total. The Bertz CT molecular complexity index is 564. The summed E-state index contributed by atoms with van der Waals surface area (Å²) in [5.41, 5.74) is 3.38. The molecule has 3 heterocycles. The third kappa shape index (κ3) is 3.58. The molecule has 0 bridgehead atoms. The van der Waals surface area contributed by atoms with Crippen LogP contribution in [0.4, 0.5) is 0 Å². The summed E-state index contributed by atoms with van der Waals surface area (Å²) in [5.74, 6) is 0.960. The maximum absolute atomic E-state index is 6.17. The maximum Gasteiger partial charge on any atom is 0.128 e. The molecular formula is C19H30N2O3. The molecule has 134 valence electrons. The Morgan fingerprint density at radius 2 is 2.04 bits per heavy atom. The molecule has 1 aromatic rings. The van der Waals surface area contributed by atoms with Crippen LogP contribution in [0.5, 0.6) is 5.75 Å². The van der Waals surface area contributed by atoms with Crippen molar-refractivity contribution in [3.05, 3.63) is 23.0 Å². The Kier molecular flexibility index (Phi) is 5.42. The minimum Gasteiger partial charge on any atom is -0.496 e. The van der Waals surface area contributed by atoms with Gasteiger partial charge in [0.05, 0.1) is 18.4 Å². The van der Waals surface area contributed by atoms with Crippen LogP contribution in [0.25, 0.3) is 0 Å². The summed E-state index contributed by atoms with van der Waals surface area (Å²) in [4.78, 5) is 7.09. The Morgan fingerprint density at radius 3 is 2.75 bits per heavy atom. The van der Waals surface area contributed by atoms with Gasteiger partial charge in [0.25, 0.3) is 0 Å². The van der Waals surface area contributed by atoms with Crippen molar-refractivity contribution >= 4 is 0 Å². The van der Waals surface area contributed by atoms with Crippen LogP contribution >= 0.6 is 0 Å². The van der Waals surface area contributed by atoms with E-state index in [1.807, 2.05) is 13.1 Å². The van der Waals surface area contributed by atoms with E-state index >= 15 is 0 Å². The highest BCUT2D eigenvalue weighted by Crippen LogP contribution is 2.36. The summed E-state index contributed by atoms with van der Waals surface area (Å²) in [6.07, 6.45) is 6.13. The largest absolute Gasteiger partial charge is 0.496 e. The van der Waals surface area contributed by atoms with Crippen molar-refractivity contribution in [1.82, 2.24) is 9.88 Å². The van der Waals surface area contributed by atoms with Crippen molar-refractivity contribution in [2.45, 2.75) is 57.7 Å². The summed E-state index contributed by atoms with van der Waals surface area (Å²) in [6, 6.07) is 0.533. The average Bonchev–Trinajstić information content (AvgIpc) is 2.58. The highest BCUT2D eigenvalue weighted by Gasteiger charge is 2.40. The van der Waals surface area contributed by atoms with Crippen LogP contribution in [0.3, 0.4) is 0 Å². The molecule has 1 aromatic heterocycles. The average molecular weight is 334 g/mol. The van der Waals surface area contributed by atoms with E-state index in [1.54, 1.807) is 7.11 Å². The number of ether oxygens (including phenoxy) is 3. The van der Waals surface area contributed by atoms with E-state index in [1.165, 1.54) is 0 Å².